The van der Waals surface area contributed by atoms with E-state index in [0.29, 0.717) is 6.54 Å². The number of carbonyl (C=O) groups is 1. The molecule has 6 heteroatoms. The second-order valence-electron chi connectivity index (χ2n) is 5.97. The van der Waals surface area contributed by atoms with E-state index in [2.05, 4.69) is 10.6 Å². The Morgan fingerprint density at radius 1 is 1.13 bits per heavy atom. The van der Waals surface area contributed by atoms with Gasteiger partial charge in [0, 0.05) is 12.5 Å². The Kier molecular flexibility index (Phi) is 6.45. The van der Waals surface area contributed by atoms with Gasteiger partial charge in [0.2, 0.25) is 5.91 Å². The molecule has 1 aromatic rings. The summed E-state index contributed by atoms with van der Waals surface area (Å²) in [5, 5.41) is 6.18. The smallest absolute Gasteiger partial charge is 0.356 e. The van der Waals surface area contributed by atoms with E-state index in [0.717, 1.165) is 62.9 Å². The lowest BCUT2D eigenvalue weighted by molar-refractivity contribution is -0.137. The normalized spacial score (nSPS) is 16.3. The van der Waals surface area contributed by atoms with Gasteiger partial charge in [0.05, 0.1) is 5.56 Å². The van der Waals surface area contributed by atoms with Gasteiger partial charge in [-0.3, -0.25) is 4.79 Å². The van der Waals surface area contributed by atoms with Gasteiger partial charge < -0.3 is 10.6 Å². The zero-order chi connectivity index (χ0) is 16.7. The third-order valence-electron chi connectivity index (χ3n) is 4.18. The highest BCUT2D eigenvalue weighted by Crippen LogP contribution is 2.29. The quantitative estimate of drug-likeness (QED) is 0.788. The molecule has 1 fully saturated rings. The Hall–Kier alpha value is -1.56. The fourth-order valence-corrected chi connectivity index (χ4v) is 2.75. The molecule has 1 heterocycles. The summed E-state index contributed by atoms with van der Waals surface area (Å²) >= 11 is 0. The van der Waals surface area contributed by atoms with Crippen LogP contribution in [-0.2, 0) is 17.4 Å². The van der Waals surface area contributed by atoms with Crippen molar-refractivity contribution in [2.75, 3.05) is 19.6 Å². The van der Waals surface area contributed by atoms with Gasteiger partial charge in [-0.1, -0.05) is 12.1 Å². The Balaban J connectivity index is 1.62. The summed E-state index contributed by atoms with van der Waals surface area (Å²) in [7, 11) is 0. The molecule has 0 atom stereocenters. The second kappa shape index (κ2) is 8.34. The van der Waals surface area contributed by atoms with Gasteiger partial charge in [0.25, 0.3) is 0 Å². The van der Waals surface area contributed by atoms with Crippen molar-refractivity contribution in [2.45, 2.75) is 38.3 Å². The van der Waals surface area contributed by atoms with Gasteiger partial charge in [-0.2, -0.15) is 13.2 Å². The van der Waals surface area contributed by atoms with Crippen molar-refractivity contribution < 1.29 is 18.0 Å². The molecule has 2 N–H and O–H groups in total. The number of piperidine rings is 1. The van der Waals surface area contributed by atoms with Crippen molar-refractivity contribution >= 4 is 5.91 Å². The summed E-state index contributed by atoms with van der Waals surface area (Å²) in [6, 6.07) is 5.29. The van der Waals surface area contributed by atoms with Crippen LogP contribution in [0.4, 0.5) is 13.2 Å². The van der Waals surface area contributed by atoms with E-state index in [1.165, 1.54) is 12.1 Å². The van der Waals surface area contributed by atoms with Crippen LogP contribution in [0.3, 0.4) is 0 Å². The van der Waals surface area contributed by atoms with Gasteiger partial charge in [-0.15, -0.1) is 0 Å². The molecule has 3 nitrogen and oxygen atoms in total. The lowest BCUT2D eigenvalue weighted by Gasteiger charge is -2.21. The molecule has 0 spiro atoms. The number of nitrogens with one attached hydrogen (secondary N) is 2. The molecule has 1 aliphatic rings. The number of unbranched alkanes of at least 4 members (excludes halogenated alkanes) is 1. The molecule has 2 rings (SSSR count). The molecule has 0 unspecified atom stereocenters. The fourth-order valence-electron chi connectivity index (χ4n) is 2.75. The predicted octanol–water partition coefficient (Wildman–Crippen LogP) is 3.14. The highest BCUT2D eigenvalue weighted by Gasteiger charge is 2.29. The van der Waals surface area contributed by atoms with Crippen molar-refractivity contribution in [1.82, 2.24) is 10.6 Å². The minimum absolute atomic E-state index is 0.117. The summed E-state index contributed by atoms with van der Waals surface area (Å²) in [5.74, 6) is 0.243. The first-order valence-corrected chi connectivity index (χ1v) is 8.11. The Labute approximate surface area is 134 Å². The maximum atomic E-state index is 12.5. The summed E-state index contributed by atoms with van der Waals surface area (Å²) in [6.45, 7) is 2.42. The first-order chi connectivity index (χ1) is 11.0. The minimum Gasteiger partial charge on any atom is -0.356 e. The van der Waals surface area contributed by atoms with E-state index in [1.54, 1.807) is 0 Å². The summed E-state index contributed by atoms with van der Waals surface area (Å²) in [5.41, 5.74) is 0.276. The average Bonchev–Trinajstić information content (AvgIpc) is 2.55. The SMILES string of the molecule is O=C(NCCCCc1ccc(C(F)(F)F)cc1)C1CCNCC1. The van der Waals surface area contributed by atoms with Crippen molar-refractivity contribution in [2.24, 2.45) is 5.92 Å². The van der Waals surface area contributed by atoms with E-state index < -0.39 is 11.7 Å². The molecule has 0 aliphatic carbocycles. The number of rotatable bonds is 6. The second-order valence-corrected chi connectivity index (χ2v) is 5.97. The molecule has 0 bridgehead atoms. The van der Waals surface area contributed by atoms with Gasteiger partial charge in [0.15, 0.2) is 0 Å². The first-order valence-electron chi connectivity index (χ1n) is 8.11. The van der Waals surface area contributed by atoms with Crippen LogP contribution in [-0.4, -0.2) is 25.5 Å². The van der Waals surface area contributed by atoms with Crippen LogP contribution in [0.1, 0.15) is 36.8 Å². The number of aryl methyl sites for hydroxylation is 1. The zero-order valence-corrected chi connectivity index (χ0v) is 13.1. The molecule has 0 saturated carbocycles. The lowest BCUT2D eigenvalue weighted by Crippen LogP contribution is -2.38. The highest BCUT2D eigenvalue weighted by molar-refractivity contribution is 5.78. The predicted molar refractivity (Wildman–Crippen MR) is 83.0 cm³/mol. The van der Waals surface area contributed by atoms with Crippen LogP contribution >= 0.6 is 0 Å². The number of alkyl halides is 3. The van der Waals surface area contributed by atoms with E-state index in [4.69, 9.17) is 0 Å². The maximum absolute atomic E-state index is 12.5. The first kappa shape index (κ1) is 17.8. The number of amides is 1. The Morgan fingerprint density at radius 2 is 1.78 bits per heavy atom. The highest BCUT2D eigenvalue weighted by atomic mass is 19.4. The monoisotopic (exact) mass is 328 g/mol. The number of carbonyl (C=O) groups excluding carboxylic acids is 1. The molecule has 23 heavy (non-hydrogen) atoms. The lowest BCUT2D eigenvalue weighted by atomic mass is 9.97. The maximum Gasteiger partial charge on any atom is 0.416 e. The van der Waals surface area contributed by atoms with E-state index >= 15 is 0 Å². The molecular formula is C17H23F3N2O. The van der Waals surface area contributed by atoms with Crippen LogP contribution in [0.25, 0.3) is 0 Å². The van der Waals surface area contributed by atoms with Gasteiger partial charge in [-0.05, 0) is 62.9 Å². The number of hydrogen-bond acceptors (Lipinski definition) is 2. The molecule has 0 radical (unpaired) electrons. The molecule has 0 aromatic heterocycles. The van der Waals surface area contributed by atoms with Gasteiger partial charge >= 0.3 is 6.18 Å². The van der Waals surface area contributed by atoms with Crippen LogP contribution < -0.4 is 10.6 Å². The zero-order valence-electron chi connectivity index (χ0n) is 13.1. The van der Waals surface area contributed by atoms with Gasteiger partial charge in [0.1, 0.15) is 0 Å². The summed E-state index contributed by atoms with van der Waals surface area (Å²) in [6.07, 6.45) is -0.108. The molecule has 1 aliphatic heterocycles. The van der Waals surface area contributed by atoms with Crippen molar-refractivity contribution in [3.63, 3.8) is 0 Å². The van der Waals surface area contributed by atoms with Crippen LogP contribution in [0.2, 0.25) is 0 Å². The van der Waals surface area contributed by atoms with Crippen LogP contribution in [0.5, 0.6) is 0 Å². The Bertz CT molecular complexity index is 494. The van der Waals surface area contributed by atoms with Crippen molar-refractivity contribution in [1.29, 1.82) is 0 Å². The minimum atomic E-state index is -4.28. The Morgan fingerprint density at radius 3 is 2.39 bits per heavy atom. The third-order valence-corrected chi connectivity index (χ3v) is 4.18. The molecular weight excluding hydrogens is 305 g/mol. The molecule has 1 saturated heterocycles. The van der Waals surface area contributed by atoms with E-state index in [-0.39, 0.29) is 11.8 Å². The third kappa shape index (κ3) is 5.86. The van der Waals surface area contributed by atoms with E-state index in [9.17, 15) is 18.0 Å². The van der Waals surface area contributed by atoms with E-state index in [1.807, 2.05) is 0 Å². The van der Waals surface area contributed by atoms with Gasteiger partial charge in [-0.25, -0.2) is 0 Å². The standard InChI is InChI=1S/C17H23F3N2O/c18-17(19,20)15-6-4-13(5-7-15)3-1-2-10-22-16(23)14-8-11-21-12-9-14/h4-7,14,21H,1-3,8-12H2,(H,22,23). The van der Waals surface area contributed by atoms with Crippen molar-refractivity contribution in [3.05, 3.63) is 35.4 Å². The largest absolute Gasteiger partial charge is 0.416 e. The summed E-state index contributed by atoms with van der Waals surface area (Å²) < 4.78 is 37.4. The van der Waals surface area contributed by atoms with Crippen LogP contribution in [0.15, 0.2) is 24.3 Å². The average molecular weight is 328 g/mol. The number of hydrogen-bond donors (Lipinski definition) is 2. The van der Waals surface area contributed by atoms with Crippen molar-refractivity contribution in [3.8, 4) is 0 Å². The molecule has 128 valence electrons. The fraction of sp³-hybridized carbons (Fsp3) is 0.588. The topological polar surface area (TPSA) is 41.1 Å². The summed E-state index contributed by atoms with van der Waals surface area (Å²) in [4.78, 5) is 11.9. The number of benzene rings is 1. The van der Waals surface area contributed by atoms with Crippen LogP contribution in [0, 0.1) is 5.92 Å². The number of halogens is 3. The molecule has 1 amide bonds. The molecule has 1 aromatic carbocycles.